The largest absolute Gasteiger partial charge is 0.497 e. The number of ether oxygens (including phenoxy) is 3. The number of aromatic amines is 1. The monoisotopic (exact) mass is 448 g/mol. The van der Waals surface area contributed by atoms with Gasteiger partial charge in [0.05, 0.1) is 24.9 Å². The molecule has 8 nitrogen and oxygen atoms in total. The molecule has 0 bridgehead atoms. The van der Waals surface area contributed by atoms with Crippen LogP contribution in [0.4, 0.5) is 5.69 Å². The Morgan fingerprint density at radius 3 is 2.97 bits per heavy atom. The maximum Gasteiger partial charge on any atom is 0.231 e. The number of amides is 1. The first-order valence-electron chi connectivity index (χ1n) is 11.3. The molecule has 3 aromatic rings. The highest BCUT2D eigenvalue weighted by Gasteiger charge is 2.27. The topological polar surface area (TPSA) is 97.5 Å². The molecule has 1 saturated heterocycles. The zero-order chi connectivity index (χ0) is 22.6. The molecule has 1 amide bonds. The first kappa shape index (κ1) is 21.3. The van der Waals surface area contributed by atoms with Crippen LogP contribution in [0.3, 0.4) is 0 Å². The molecule has 5 rings (SSSR count). The lowest BCUT2D eigenvalue weighted by Gasteiger charge is -2.25. The Kier molecular flexibility index (Phi) is 6.17. The summed E-state index contributed by atoms with van der Waals surface area (Å²) in [5.41, 5.74) is 3.56. The van der Waals surface area contributed by atoms with Crippen molar-refractivity contribution in [1.82, 2.24) is 15.5 Å². The molecule has 3 N–H and O–H groups in total. The number of hydrogen-bond acceptors (Lipinski definition) is 6. The number of rotatable bonds is 7. The first-order valence-corrected chi connectivity index (χ1v) is 11.3. The van der Waals surface area contributed by atoms with Crippen LogP contribution in [0.5, 0.6) is 17.2 Å². The Morgan fingerprint density at radius 1 is 1.24 bits per heavy atom. The lowest BCUT2D eigenvalue weighted by atomic mass is 9.95. The van der Waals surface area contributed by atoms with Gasteiger partial charge in [-0.05, 0) is 67.3 Å². The van der Waals surface area contributed by atoms with Crippen LogP contribution in [0.2, 0.25) is 0 Å². The molecule has 33 heavy (non-hydrogen) atoms. The van der Waals surface area contributed by atoms with E-state index in [1.807, 2.05) is 42.6 Å². The summed E-state index contributed by atoms with van der Waals surface area (Å²) in [7, 11) is 1.63. The van der Waals surface area contributed by atoms with Crippen molar-refractivity contribution >= 4 is 11.6 Å². The fourth-order valence-electron chi connectivity index (χ4n) is 4.32. The number of nitrogens with one attached hydrogen (secondary N) is 3. The smallest absolute Gasteiger partial charge is 0.231 e. The second-order valence-electron chi connectivity index (χ2n) is 8.48. The number of H-pyrrole nitrogens is 1. The number of carbonyl (C=O) groups is 1. The average molecular weight is 449 g/mol. The molecule has 0 saturated carbocycles. The maximum absolute atomic E-state index is 13.2. The fraction of sp³-hybridized carbons (Fsp3) is 0.360. The van der Waals surface area contributed by atoms with E-state index in [-0.39, 0.29) is 11.8 Å². The summed E-state index contributed by atoms with van der Waals surface area (Å²) in [5.74, 6) is 1.81. The van der Waals surface area contributed by atoms with E-state index in [9.17, 15) is 4.79 Å². The van der Waals surface area contributed by atoms with Gasteiger partial charge < -0.3 is 24.8 Å². The molecule has 8 heteroatoms. The summed E-state index contributed by atoms with van der Waals surface area (Å²) < 4.78 is 17.3. The third kappa shape index (κ3) is 4.80. The van der Waals surface area contributed by atoms with Crippen LogP contribution in [-0.2, 0) is 11.2 Å². The summed E-state index contributed by atoms with van der Waals surface area (Å²) in [6.07, 6.45) is 6.43. The van der Waals surface area contributed by atoms with E-state index in [0.29, 0.717) is 37.1 Å². The molecule has 2 aromatic carbocycles. The summed E-state index contributed by atoms with van der Waals surface area (Å²) in [6, 6.07) is 11.8. The second-order valence-corrected chi connectivity index (χ2v) is 8.48. The van der Waals surface area contributed by atoms with E-state index in [1.165, 1.54) is 0 Å². The van der Waals surface area contributed by atoms with Crippen molar-refractivity contribution in [2.45, 2.75) is 25.3 Å². The molecule has 2 aliphatic heterocycles. The molecule has 2 aliphatic rings. The van der Waals surface area contributed by atoms with Crippen molar-refractivity contribution < 1.29 is 19.0 Å². The van der Waals surface area contributed by atoms with Crippen molar-refractivity contribution in [3.05, 3.63) is 54.4 Å². The molecule has 172 valence electrons. The van der Waals surface area contributed by atoms with Crippen LogP contribution >= 0.6 is 0 Å². The summed E-state index contributed by atoms with van der Waals surface area (Å²) >= 11 is 0. The molecule has 0 radical (unpaired) electrons. The molecule has 3 heterocycles. The molecule has 0 unspecified atom stereocenters. The molecule has 1 aromatic heterocycles. The fourth-order valence-corrected chi connectivity index (χ4v) is 4.32. The van der Waals surface area contributed by atoms with Gasteiger partial charge >= 0.3 is 0 Å². The lowest BCUT2D eigenvalue weighted by Crippen LogP contribution is -2.33. The minimum absolute atomic E-state index is 0.0941. The predicted octanol–water partition coefficient (Wildman–Crippen LogP) is 3.41. The maximum atomic E-state index is 13.2. The van der Waals surface area contributed by atoms with Crippen LogP contribution in [0.15, 0.2) is 48.8 Å². The SMILES string of the molecule is COc1ccc2c(c1)C[C@@H](C(=O)Nc1ccc(-c3cn[nH]c3)cc1OC[C@@H]1CCCN1)CO2. The number of hydrogen-bond donors (Lipinski definition) is 3. The third-order valence-corrected chi connectivity index (χ3v) is 6.22. The van der Waals surface area contributed by atoms with Gasteiger partial charge in [0, 0.05) is 17.8 Å². The van der Waals surface area contributed by atoms with Crippen molar-refractivity contribution in [1.29, 1.82) is 0 Å². The summed E-state index contributed by atoms with van der Waals surface area (Å²) in [4.78, 5) is 13.2. The summed E-state index contributed by atoms with van der Waals surface area (Å²) in [6.45, 7) is 1.90. The molecule has 2 atom stereocenters. The first-order chi connectivity index (χ1) is 16.2. The standard InChI is InChI=1S/C25H28N4O4/c1-31-21-5-7-23-17(10-21)9-18(14-32-23)25(30)29-22-6-4-16(19-12-27-28-13-19)11-24(22)33-15-20-3-2-8-26-20/h4-7,10-13,18,20,26H,2-3,8-9,14-15H2,1H3,(H,27,28)(H,29,30)/t18-,20+/m1/s1. The van der Waals surface area contributed by atoms with Crippen LogP contribution in [0, 0.1) is 5.92 Å². The van der Waals surface area contributed by atoms with Gasteiger partial charge in [-0.3, -0.25) is 9.89 Å². The van der Waals surface area contributed by atoms with E-state index in [2.05, 4.69) is 20.8 Å². The zero-order valence-corrected chi connectivity index (χ0v) is 18.6. The molecule has 1 fully saturated rings. The van der Waals surface area contributed by atoms with Gasteiger partial charge in [-0.2, -0.15) is 5.10 Å². The quantitative estimate of drug-likeness (QED) is 0.513. The Bertz CT molecular complexity index is 1110. The number of anilines is 1. The van der Waals surface area contributed by atoms with E-state index in [1.54, 1.807) is 13.3 Å². The lowest BCUT2D eigenvalue weighted by molar-refractivity contribution is -0.121. The molecule has 0 aliphatic carbocycles. The van der Waals surface area contributed by atoms with Crippen LogP contribution < -0.4 is 24.8 Å². The van der Waals surface area contributed by atoms with Gasteiger partial charge in [0.25, 0.3) is 0 Å². The Balaban J connectivity index is 1.33. The molecule has 0 spiro atoms. The van der Waals surface area contributed by atoms with Gasteiger partial charge in [0.2, 0.25) is 5.91 Å². The van der Waals surface area contributed by atoms with E-state index < -0.39 is 0 Å². The molecular formula is C25H28N4O4. The minimum Gasteiger partial charge on any atom is -0.497 e. The van der Waals surface area contributed by atoms with E-state index in [4.69, 9.17) is 14.2 Å². The normalized spacial score (nSPS) is 19.4. The van der Waals surface area contributed by atoms with Gasteiger partial charge in [-0.25, -0.2) is 0 Å². The van der Waals surface area contributed by atoms with Gasteiger partial charge in [0.1, 0.15) is 30.5 Å². The van der Waals surface area contributed by atoms with Gasteiger partial charge in [-0.1, -0.05) is 6.07 Å². The Labute approximate surface area is 192 Å². The molecular weight excluding hydrogens is 420 g/mol. The number of carbonyl (C=O) groups excluding carboxylic acids is 1. The second kappa shape index (κ2) is 9.54. The van der Waals surface area contributed by atoms with E-state index >= 15 is 0 Å². The highest BCUT2D eigenvalue weighted by Crippen LogP contribution is 2.34. The highest BCUT2D eigenvalue weighted by molar-refractivity contribution is 5.95. The van der Waals surface area contributed by atoms with Crippen LogP contribution in [-0.4, -0.2) is 49.0 Å². The number of benzene rings is 2. The average Bonchev–Trinajstić information content (AvgIpc) is 3.57. The van der Waals surface area contributed by atoms with E-state index in [0.717, 1.165) is 47.6 Å². The Morgan fingerprint density at radius 2 is 2.18 bits per heavy atom. The summed E-state index contributed by atoms with van der Waals surface area (Å²) in [5, 5.41) is 13.4. The highest BCUT2D eigenvalue weighted by atomic mass is 16.5. The minimum atomic E-state index is -0.303. The number of methoxy groups -OCH3 is 1. The van der Waals surface area contributed by atoms with Crippen molar-refractivity contribution in [2.24, 2.45) is 5.92 Å². The Hall–Kier alpha value is -3.52. The predicted molar refractivity (Wildman–Crippen MR) is 125 cm³/mol. The number of nitrogens with zero attached hydrogens (tertiary/aromatic N) is 1. The van der Waals surface area contributed by atoms with Crippen molar-refractivity contribution in [3.63, 3.8) is 0 Å². The number of fused-ring (bicyclic) bond motifs is 1. The van der Waals surface area contributed by atoms with Crippen molar-refractivity contribution in [2.75, 3.05) is 32.2 Å². The zero-order valence-electron chi connectivity index (χ0n) is 18.6. The van der Waals surface area contributed by atoms with Crippen molar-refractivity contribution in [3.8, 4) is 28.4 Å². The van der Waals surface area contributed by atoms with Crippen LogP contribution in [0.25, 0.3) is 11.1 Å². The third-order valence-electron chi connectivity index (χ3n) is 6.22. The van der Waals surface area contributed by atoms with Gasteiger partial charge in [0.15, 0.2) is 0 Å². The number of aromatic nitrogens is 2. The van der Waals surface area contributed by atoms with Crippen LogP contribution in [0.1, 0.15) is 18.4 Å². The van der Waals surface area contributed by atoms with Gasteiger partial charge in [-0.15, -0.1) is 0 Å².